The fourth-order valence-corrected chi connectivity index (χ4v) is 6.78. The van der Waals surface area contributed by atoms with E-state index < -0.39 is 0 Å². The van der Waals surface area contributed by atoms with Crippen LogP contribution in [0.5, 0.6) is 0 Å². The van der Waals surface area contributed by atoms with Crippen LogP contribution >= 0.6 is 20.7 Å². The van der Waals surface area contributed by atoms with Crippen LogP contribution in [0.3, 0.4) is 0 Å². The lowest BCUT2D eigenvalue weighted by Crippen LogP contribution is -2.31. The van der Waals surface area contributed by atoms with Crippen LogP contribution in [0.15, 0.2) is 77.8 Å². The number of aryl methyl sites for hydroxylation is 1. The zero-order valence-corrected chi connectivity index (χ0v) is 18.3. The van der Waals surface area contributed by atoms with Gasteiger partial charge in [0.2, 0.25) is 0 Å². The van der Waals surface area contributed by atoms with Gasteiger partial charge in [0.15, 0.2) is 0 Å². The highest BCUT2D eigenvalue weighted by atomic mass is 32.9. The second-order valence-electron chi connectivity index (χ2n) is 8.00. The molecule has 0 radical (unpaired) electrons. The summed E-state index contributed by atoms with van der Waals surface area (Å²) in [6, 6.07) is 25.6. The van der Waals surface area contributed by atoms with Crippen LogP contribution in [0.4, 0.5) is 11.4 Å². The molecule has 3 aromatic carbocycles. The van der Waals surface area contributed by atoms with Gasteiger partial charge in [-0.05, 0) is 55.7 Å². The third kappa shape index (κ3) is 3.33. The van der Waals surface area contributed by atoms with Crippen LogP contribution in [0.2, 0.25) is 0 Å². The number of hydrogen-bond acceptors (Lipinski definition) is 4. The standard InChI is InChI=1S/C25H22N2S2/c1-16-9-14-20-21(15-16)27-25(2,3)23-22(20)24(29-28-23)26-19-12-10-18(11-13-19)17-7-5-4-6-8-17/h4-15,27H,1-3H3. The first-order chi connectivity index (χ1) is 14.0. The Labute approximate surface area is 178 Å². The highest BCUT2D eigenvalue weighted by Crippen LogP contribution is 2.45. The lowest BCUT2D eigenvalue weighted by Gasteiger charge is -2.33. The summed E-state index contributed by atoms with van der Waals surface area (Å²) in [6.45, 7) is 6.64. The Hall–Kier alpha value is -2.69. The van der Waals surface area contributed by atoms with Crippen molar-refractivity contribution in [2.45, 2.75) is 26.3 Å². The number of fused-ring (bicyclic) bond motifs is 3. The molecule has 4 heteroatoms. The van der Waals surface area contributed by atoms with E-state index in [1.165, 1.54) is 38.4 Å². The summed E-state index contributed by atoms with van der Waals surface area (Å²) in [5.41, 5.74) is 8.34. The maximum atomic E-state index is 5.04. The molecule has 1 aromatic heterocycles. The average Bonchev–Trinajstić information content (AvgIpc) is 3.14. The summed E-state index contributed by atoms with van der Waals surface area (Å²) >= 11 is 0. The Morgan fingerprint density at radius 2 is 1.55 bits per heavy atom. The minimum Gasteiger partial charge on any atom is -0.375 e. The molecule has 0 aliphatic carbocycles. The molecular weight excluding hydrogens is 392 g/mol. The SMILES string of the molecule is Cc1ccc2c(c1)NC(C)(C)c1ssc(=Nc3ccc(-c4ccccc4)cc3)c1-2. The summed E-state index contributed by atoms with van der Waals surface area (Å²) in [5.74, 6) is 0. The van der Waals surface area contributed by atoms with Gasteiger partial charge in [-0.25, -0.2) is 4.99 Å². The second-order valence-corrected chi connectivity index (χ2v) is 10.1. The smallest absolute Gasteiger partial charge is 0.135 e. The molecule has 2 heterocycles. The van der Waals surface area contributed by atoms with Gasteiger partial charge < -0.3 is 5.32 Å². The van der Waals surface area contributed by atoms with E-state index >= 15 is 0 Å². The summed E-state index contributed by atoms with van der Waals surface area (Å²) < 4.78 is 1.09. The van der Waals surface area contributed by atoms with Gasteiger partial charge in [-0.1, -0.05) is 75.3 Å². The highest BCUT2D eigenvalue weighted by molar-refractivity contribution is 7.68. The first-order valence-corrected chi connectivity index (χ1v) is 11.9. The van der Waals surface area contributed by atoms with Crippen LogP contribution in [0.25, 0.3) is 22.3 Å². The molecule has 29 heavy (non-hydrogen) atoms. The van der Waals surface area contributed by atoms with Gasteiger partial charge in [0.05, 0.1) is 16.1 Å². The zero-order chi connectivity index (χ0) is 20.0. The second kappa shape index (κ2) is 6.97. The van der Waals surface area contributed by atoms with Crippen molar-refractivity contribution >= 4 is 32.1 Å². The van der Waals surface area contributed by atoms with Crippen molar-refractivity contribution in [2.24, 2.45) is 4.99 Å². The maximum Gasteiger partial charge on any atom is 0.135 e. The Bertz CT molecular complexity index is 1250. The molecule has 0 spiro atoms. The molecule has 0 saturated heterocycles. The largest absolute Gasteiger partial charge is 0.375 e. The molecule has 144 valence electrons. The first-order valence-electron chi connectivity index (χ1n) is 9.74. The van der Waals surface area contributed by atoms with Crippen molar-refractivity contribution in [1.29, 1.82) is 0 Å². The number of rotatable bonds is 2. The van der Waals surface area contributed by atoms with Crippen LogP contribution in [-0.4, -0.2) is 0 Å². The third-order valence-corrected chi connectivity index (χ3v) is 7.95. The van der Waals surface area contributed by atoms with E-state index in [0.29, 0.717) is 0 Å². The van der Waals surface area contributed by atoms with Gasteiger partial charge in [0.1, 0.15) is 4.67 Å². The lowest BCUT2D eigenvalue weighted by atomic mass is 9.89. The fraction of sp³-hybridized carbons (Fsp3) is 0.160. The fourth-order valence-electron chi connectivity index (χ4n) is 3.84. The van der Waals surface area contributed by atoms with Gasteiger partial charge in [0, 0.05) is 16.8 Å². The molecule has 1 aliphatic rings. The molecule has 0 unspecified atom stereocenters. The van der Waals surface area contributed by atoms with Crippen LogP contribution < -0.4 is 9.99 Å². The van der Waals surface area contributed by atoms with Crippen LogP contribution in [0.1, 0.15) is 24.3 Å². The quantitative estimate of drug-likeness (QED) is 0.341. The molecular formula is C25H22N2S2. The number of benzene rings is 3. The Morgan fingerprint density at radius 1 is 0.828 bits per heavy atom. The molecule has 2 nitrogen and oxygen atoms in total. The number of hydrogen-bond donors (Lipinski definition) is 1. The minimum atomic E-state index is -0.0950. The molecule has 1 N–H and O–H groups in total. The van der Waals surface area contributed by atoms with Gasteiger partial charge in [0.25, 0.3) is 0 Å². The van der Waals surface area contributed by atoms with E-state index in [2.05, 4.69) is 92.8 Å². The first kappa shape index (κ1) is 18.3. The molecule has 0 fully saturated rings. The Balaban J connectivity index is 1.61. The molecule has 1 aliphatic heterocycles. The van der Waals surface area contributed by atoms with Crippen molar-refractivity contribution in [3.8, 4) is 22.3 Å². The highest BCUT2D eigenvalue weighted by Gasteiger charge is 2.33. The predicted molar refractivity (Wildman–Crippen MR) is 126 cm³/mol. The summed E-state index contributed by atoms with van der Waals surface area (Å²) in [7, 11) is 3.60. The monoisotopic (exact) mass is 414 g/mol. The van der Waals surface area contributed by atoms with E-state index in [0.717, 1.165) is 10.4 Å². The summed E-state index contributed by atoms with van der Waals surface area (Å²) in [4.78, 5) is 6.40. The number of nitrogens with zero attached hydrogens (tertiary/aromatic N) is 1. The molecule has 0 saturated carbocycles. The van der Waals surface area contributed by atoms with Crippen molar-refractivity contribution in [3.05, 3.63) is 87.9 Å². The van der Waals surface area contributed by atoms with Crippen molar-refractivity contribution in [2.75, 3.05) is 5.32 Å². The average molecular weight is 415 g/mol. The van der Waals surface area contributed by atoms with Gasteiger partial charge in [-0.2, -0.15) is 0 Å². The third-order valence-electron chi connectivity index (χ3n) is 5.31. The topological polar surface area (TPSA) is 24.4 Å². The van der Waals surface area contributed by atoms with Crippen molar-refractivity contribution < 1.29 is 0 Å². The Kier molecular flexibility index (Phi) is 4.41. The van der Waals surface area contributed by atoms with Gasteiger partial charge in [-0.3, -0.25) is 0 Å². The van der Waals surface area contributed by atoms with Gasteiger partial charge in [-0.15, -0.1) is 0 Å². The van der Waals surface area contributed by atoms with E-state index in [1.54, 1.807) is 10.3 Å². The van der Waals surface area contributed by atoms with Crippen molar-refractivity contribution in [1.82, 2.24) is 0 Å². The minimum absolute atomic E-state index is 0.0950. The molecule has 4 aromatic rings. The lowest BCUT2D eigenvalue weighted by molar-refractivity contribution is 0.619. The number of nitrogens with one attached hydrogen (secondary N) is 1. The zero-order valence-electron chi connectivity index (χ0n) is 16.7. The van der Waals surface area contributed by atoms with Crippen LogP contribution in [-0.2, 0) is 5.54 Å². The molecule has 0 atom stereocenters. The molecule has 0 bridgehead atoms. The normalized spacial score (nSPS) is 14.8. The van der Waals surface area contributed by atoms with Crippen LogP contribution in [0, 0.1) is 6.92 Å². The molecule has 5 rings (SSSR count). The maximum absolute atomic E-state index is 5.04. The molecule has 0 amide bonds. The van der Waals surface area contributed by atoms with Gasteiger partial charge >= 0.3 is 0 Å². The summed E-state index contributed by atoms with van der Waals surface area (Å²) in [6.07, 6.45) is 0. The van der Waals surface area contributed by atoms with E-state index in [9.17, 15) is 0 Å². The van der Waals surface area contributed by atoms with Crippen molar-refractivity contribution in [3.63, 3.8) is 0 Å². The predicted octanol–water partition coefficient (Wildman–Crippen LogP) is 7.35. The van der Waals surface area contributed by atoms with E-state index in [4.69, 9.17) is 4.99 Å². The summed E-state index contributed by atoms with van der Waals surface area (Å²) in [5, 5.41) is 3.71. The van der Waals surface area contributed by atoms with E-state index in [-0.39, 0.29) is 5.54 Å². The number of anilines is 1. The Morgan fingerprint density at radius 3 is 2.31 bits per heavy atom. The van der Waals surface area contributed by atoms with E-state index in [1.807, 2.05) is 16.4 Å².